The number of carbonyl (C=O) groups excluding carboxylic acids is 1. The summed E-state index contributed by atoms with van der Waals surface area (Å²) in [7, 11) is 0. The van der Waals surface area contributed by atoms with Crippen molar-refractivity contribution in [2.45, 2.75) is 33.3 Å². The van der Waals surface area contributed by atoms with Gasteiger partial charge in [-0.25, -0.2) is 9.78 Å². The number of thiazole rings is 1. The Hall–Kier alpha value is -3.67. The first kappa shape index (κ1) is 26.5. The van der Waals surface area contributed by atoms with E-state index in [-0.39, 0.29) is 17.6 Å². The van der Waals surface area contributed by atoms with Crippen LogP contribution in [0.2, 0.25) is 0 Å². The molecule has 10 nitrogen and oxygen atoms in total. The number of amides is 2. The van der Waals surface area contributed by atoms with Gasteiger partial charge in [-0.3, -0.25) is 14.6 Å². The van der Waals surface area contributed by atoms with Crippen molar-refractivity contribution >= 4 is 44.1 Å². The number of benzene rings is 2. The van der Waals surface area contributed by atoms with E-state index in [1.807, 2.05) is 36.5 Å². The standard InChI is InChI=1S/C29H34N6O4S/c1-29(2,3)25-17-26(33-39-25)32-27(36)30-20-6-4-19(5-7-20)22-18-35-23-9-8-21(16-24(23)40-28(35)31-22)38-15-12-34-10-13-37-14-11-34/h4-9,16,18,25H,10-15,17H2,1-3H3,(H2,30,32,33,36). The quantitative estimate of drug-likeness (QED) is 0.335. The van der Waals surface area contributed by atoms with Crippen LogP contribution in [-0.4, -0.2) is 71.7 Å². The predicted octanol–water partition coefficient (Wildman–Crippen LogP) is 5.20. The number of hydrogen-bond acceptors (Lipinski definition) is 8. The normalized spacial score (nSPS) is 18.1. The third kappa shape index (κ3) is 5.91. The molecule has 40 heavy (non-hydrogen) atoms. The van der Waals surface area contributed by atoms with Crippen molar-refractivity contribution < 1.29 is 19.1 Å². The molecule has 1 unspecified atom stereocenters. The van der Waals surface area contributed by atoms with Crippen LogP contribution in [0.4, 0.5) is 10.5 Å². The number of morpholine rings is 1. The van der Waals surface area contributed by atoms with Gasteiger partial charge in [-0.2, -0.15) is 0 Å². The third-order valence-corrected chi connectivity index (χ3v) is 8.19. The Morgan fingerprint density at radius 1 is 1.12 bits per heavy atom. The van der Waals surface area contributed by atoms with E-state index in [0.29, 0.717) is 24.6 Å². The van der Waals surface area contributed by atoms with Crippen LogP contribution < -0.4 is 15.4 Å². The van der Waals surface area contributed by atoms with Crippen molar-refractivity contribution in [1.82, 2.24) is 19.6 Å². The molecule has 210 valence electrons. The smallest absolute Gasteiger partial charge is 0.324 e. The zero-order valence-corrected chi connectivity index (χ0v) is 23.8. The lowest BCUT2D eigenvalue weighted by Gasteiger charge is -2.26. The molecule has 0 radical (unpaired) electrons. The Labute approximate surface area is 236 Å². The molecule has 0 bridgehead atoms. The second-order valence-electron chi connectivity index (χ2n) is 11.2. The molecule has 0 spiro atoms. The van der Waals surface area contributed by atoms with Gasteiger partial charge in [0.15, 0.2) is 10.8 Å². The number of hydrogen-bond donors (Lipinski definition) is 2. The minimum absolute atomic E-state index is 0.0479. The van der Waals surface area contributed by atoms with Gasteiger partial charge in [0.05, 0.1) is 29.1 Å². The molecule has 6 rings (SSSR count). The van der Waals surface area contributed by atoms with Gasteiger partial charge in [-0.1, -0.05) is 49.4 Å². The number of anilines is 1. The van der Waals surface area contributed by atoms with Crippen LogP contribution >= 0.6 is 11.3 Å². The van der Waals surface area contributed by atoms with E-state index in [4.69, 9.17) is 19.3 Å². The molecular weight excluding hydrogens is 528 g/mol. The summed E-state index contributed by atoms with van der Waals surface area (Å²) < 4.78 is 14.7. The van der Waals surface area contributed by atoms with Gasteiger partial charge < -0.3 is 19.6 Å². The van der Waals surface area contributed by atoms with E-state index in [2.05, 4.69) is 58.0 Å². The Balaban J connectivity index is 1.06. The highest BCUT2D eigenvalue weighted by atomic mass is 32.1. The molecule has 11 heteroatoms. The molecule has 2 N–H and O–H groups in total. The van der Waals surface area contributed by atoms with Gasteiger partial charge in [0.25, 0.3) is 0 Å². The first-order valence-corrected chi connectivity index (χ1v) is 14.4. The van der Waals surface area contributed by atoms with Crippen molar-refractivity contribution in [3.63, 3.8) is 0 Å². The van der Waals surface area contributed by atoms with Crippen LogP contribution in [0.5, 0.6) is 5.75 Å². The summed E-state index contributed by atoms with van der Waals surface area (Å²) in [5.41, 5.74) is 3.58. The zero-order chi connectivity index (χ0) is 27.7. The Bertz CT molecular complexity index is 1530. The van der Waals surface area contributed by atoms with Crippen LogP contribution in [0.15, 0.2) is 53.8 Å². The minimum atomic E-state index is -0.344. The van der Waals surface area contributed by atoms with Gasteiger partial charge in [0, 0.05) is 48.9 Å². The largest absolute Gasteiger partial charge is 0.492 e. The number of aromatic nitrogens is 2. The zero-order valence-electron chi connectivity index (χ0n) is 23.0. The first-order chi connectivity index (χ1) is 19.3. The fourth-order valence-corrected chi connectivity index (χ4v) is 5.80. The van der Waals surface area contributed by atoms with Gasteiger partial charge in [-0.05, 0) is 30.3 Å². The summed E-state index contributed by atoms with van der Waals surface area (Å²) in [6.07, 6.45) is 2.57. The molecule has 2 aliphatic heterocycles. The number of nitrogens with one attached hydrogen (secondary N) is 2. The monoisotopic (exact) mass is 562 g/mol. The number of ether oxygens (including phenoxy) is 2. The number of amidine groups is 1. The summed E-state index contributed by atoms with van der Waals surface area (Å²) in [5, 5.41) is 9.65. The van der Waals surface area contributed by atoms with Gasteiger partial charge in [-0.15, -0.1) is 0 Å². The average Bonchev–Trinajstić information content (AvgIpc) is 3.64. The van der Waals surface area contributed by atoms with Crippen LogP contribution in [-0.2, 0) is 9.57 Å². The van der Waals surface area contributed by atoms with E-state index in [9.17, 15) is 4.79 Å². The van der Waals surface area contributed by atoms with E-state index < -0.39 is 0 Å². The number of rotatable bonds is 6. The molecule has 1 saturated heterocycles. The molecule has 0 saturated carbocycles. The number of nitrogens with zero attached hydrogens (tertiary/aromatic N) is 4. The average molecular weight is 563 g/mol. The van der Waals surface area contributed by atoms with Crippen LogP contribution in [0.1, 0.15) is 27.2 Å². The second-order valence-corrected chi connectivity index (χ2v) is 12.2. The summed E-state index contributed by atoms with van der Waals surface area (Å²) in [6.45, 7) is 11.3. The lowest BCUT2D eigenvalue weighted by molar-refractivity contribution is 0.00830. The molecule has 1 atom stereocenters. The SMILES string of the molecule is CC(C)(C)C1CC(NC(=O)Nc2ccc(-c3cn4c(n3)sc3cc(OCCN5CCOCC5)ccc34)cc2)=NO1. The molecule has 1 fully saturated rings. The highest BCUT2D eigenvalue weighted by Crippen LogP contribution is 2.32. The van der Waals surface area contributed by atoms with Crippen molar-refractivity contribution in [2.75, 3.05) is 44.8 Å². The number of oxime groups is 1. The summed E-state index contributed by atoms with van der Waals surface area (Å²) >= 11 is 1.64. The fraction of sp³-hybridized carbons (Fsp3) is 0.414. The van der Waals surface area contributed by atoms with E-state index >= 15 is 0 Å². The van der Waals surface area contributed by atoms with E-state index in [1.54, 1.807) is 11.3 Å². The summed E-state index contributed by atoms with van der Waals surface area (Å²) in [5.74, 6) is 1.41. The van der Waals surface area contributed by atoms with Gasteiger partial charge >= 0.3 is 6.03 Å². The van der Waals surface area contributed by atoms with Crippen molar-refractivity contribution in [3.05, 3.63) is 48.7 Å². The third-order valence-electron chi connectivity index (χ3n) is 7.18. The second kappa shape index (κ2) is 11.1. The highest BCUT2D eigenvalue weighted by Gasteiger charge is 2.33. The Morgan fingerprint density at radius 3 is 2.67 bits per heavy atom. The number of imidazole rings is 1. The molecule has 0 aliphatic carbocycles. The minimum Gasteiger partial charge on any atom is -0.492 e. The van der Waals surface area contributed by atoms with E-state index in [1.165, 1.54) is 0 Å². The maximum Gasteiger partial charge on any atom is 0.324 e. The number of urea groups is 1. The molecule has 2 aromatic heterocycles. The fourth-order valence-electron chi connectivity index (χ4n) is 4.76. The van der Waals surface area contributed by atoms with E-state index in [0.717, 1.165) is 65.0 Å². The number of carbonyl (C=O) groups is 1. The number of fused-ring (bicyclic) bond motifs is 3. The van der Waals surface area contributed by atoms with Crippen molar-refractivity contribution in [1.29, 1.82) is 0 Å². The van der Waals surface area contributed by atoms with Crippen LogP contribution in [0.3, 0.4) is 0 Å². The molecule has 2 aliphatic rings. The summed E-state index contributed by atoms with van der Waals surface area (Å²) in [4.78, 5) is 26.0. The molecule has 2 amide bonds. The van der Waals surface area contributed by atoms with Gasteiger partial charge in [0.2, 0.25) is 0 Å². The van der Waals surface area contributed by atoms with Crippen molar-refractivity contribution in [3.8, 4) is 17.0 Å². The molecule has 2 aromatic carbocycles. The van der Waals surface area contributed by atoms with Crippen LogP contribution in [0, 0.1) is 5.41 Å². The van der Waals surface area contributed by atoms with Crippen molar-refractivity contribution in [2.24, 2.45) is 10.6 Å². The maximum absolute atomic E-state index is 12.5. The summed E-state index contributed by atoms with van der Waals surface area (Å²) in [6, 6.07) is 13.5. The topological polar surface area (TPSA) is 102 Å². The van der Waals surface area contributed by atoms with Gasteiger partial charge in [0.1, 0.15) is 18.5 Å². The highest BCUT2D eigenvalue weighted by molar-refractivity contribution is 7.23. The lowest BCUT2D eigenvalue weighted by atomic mass is 9.87. The maximum atomic E-state index is 12.5. The molecule has 4 aromatic rings. The predicted molar refractivity (Wildman–Crippen MR) is 157 cm³/mol. The van der Waals surface area contributed by atoms with Crippen LogP contribution in [0.25, 0.3) is 26.4 Å². The molecule has 4 heterocycles. The molecular formula is C29H34N6O4S. The Morgan fingerprint density at radius 2 is 1.93 bits per heavy atom. The first-order valence-electron chi connectivity index (χ1n) is 13.6. The lowest BCUT2D eigenvalue weighted by Crippen LogP contribution is -2.38. The Kier molecular flexibility index (Phi) is 7.35.